The molecule has 0 aliphatic carbocycles. The first-order valence-electron chi connectivity index (χ1n) is 6.75. The molecule has 0 saturated carbocycles. The molecule has 2 heteroatoms. The van der Waals surface area contributed by atoms with Crippen LogP contribution in [-0.2, 0) is 6.42 Å². The molecule has 1 N–H and O–H groups in total. The van der Waals surface area contributed by atoms with Gasteiger partial charge in [0.15, 0.2) is 0 Å². The summed E-state index contributed by atoms with van der Waals surface area (Å²) in [4.78, 5) is 12.0. The molecule has 19 heavy (non-hydrogen) atoms. The van der Waals surface area contributed by atoms with Crippen LogP contribution in [0.4, 0.5) is 5.69 Å². The summed E-state index contributed by atoms with van der Waals surface area (Å²) >= 11 is 0. The predicted molar refractivity (Wildman–Crippen MR) is 79.4 cm³/mol. The van der Waals surface area contributed by atoms with Crippen molar-refractivity contribution in [2.45, 2.75) is 26.2 Å². The highest BCUT2D eigenvalue weighted by molar-refractivity contribution is 6.04. The third-order valence-electron chi connectivity index (χ3n) is 3.07. The number of hydrogen-bond acceptors (Lipinski definition) is 1. The van der Waals surface area contributed by atoms with Crippen LogP contribution in [0, 0.1) is 0 Å². The summed E-state index contributed by atoms with van der Waals surface area (Å²) in [6, 6.07) is 17.3. The Morgan fingerprint density at radius 1 is 1.00 bits per heavy atom. The van der Waals surface area contributed by atoms with Crippen LogP contribution in [0.1, 0.15) is 35.7 Å². The quantitative estimate of drug-likeness (QED) is 0.846. The number of carbonyl (C=O) groups is 1. The maximum Gasteiger partial charge on any atom is 0.255 e. The van der Waals surface area contributed by atoms with E-state index in [0.29, 0.717) is 5.56 Å². The van der Waals surface area contributed by atoms with Crippen molar-refractivity contribution in [3.63, 3.8) is 0 Å². The number of nitrogens with one attached hydrogen (secondary N) is 1. The highest BCUT2D eigenvalue weighted by atomic mass is 16.1. The Balaban J connectivity index is 1.98. The molecule has 0 aromatic heterocycles. The molecular weight excluding hydrogens is 234 g/mol. The van der Waals surface area contributed by atoms with Crippen LogP contribution < -0.4 is 5.32 Å². The Morgan fingerprint density at radius 2 is 1.68 bits per heavy atom. The lowest BCUT2D eigenvalue weighted by Gasteiger charge is -2.06. The first-order valence-corrected chi connectivity index (χ1v) is 6.75. The monoisotopic (exact) mass is 253 g/mol. The zero-order valence-electron chi connectivity index (χ0n) is 11.2. The first-order chi connectivity index (χ1) is 9.29. The number of hydrogen-bond donors (Lipinski definition) is 1. The van der Waals surface area contributed by atoms with Gasteiger partial charge in [-0.05, 0) is 42.7 Å². The minimum Gasteiger partial charge on any atom is -0.322 e. The largest absolute Gasteiger partial charge is 0.322 e. The molecular formula is C17H19NO. The second-order valence-corrected chi connectivity index (χ2v) is 4.62. The Bertz CT molecular complexity index is 517. The van der Waals surface area contributed by atoms with E-state index >= 15 is 0 Å². The van der Waals surface area contributed by atoms with Crippen molar-refractivity contribution in [3.05, 3.63) is 65.7 Å². The molecule has 0 spiro atoms. The summed E-state index contributed by atoms with van der Waals surface area (Å²) in [5.41, 5.74) is 2.84. The van der Waals surface area contributed by atoms with Crippen molar-refractivity contribution in [3.8, 4) is 0 Å². The summed E-state index contributed by atoms with van der Waals surface area (Å²) in [6.45, 7) is 2.19. The van der Waals surface area contributed by atoms with E-state index in [9.17, 15) is 4.79 Å². The van der Waals surface area contributed by atoms with Crippen LogP contribution in [0.5, 0.6) is 0 Å². The van der Waals surface area contributed by atoms with Crippen molar-refractivity contribution >= 4 is 11.6 Å². The first kappa shape index (κ1) is 13.3. The lowest BCUT2D eigenvalue weighted by molar-refractivity contribution is 0.102. The second kappa shape index (κ2) is 6.74. The van der Waals surface area contributed by atoms with Gasteiger partial charge in [0.25, 0.3) is 5.91 Å². The molecule has 1 amide bonds. The van der Waals surface area contributed by atoms with Gasteiger partial charge in [-0.2, -0.15) is 0 Å². The number of unbranched alkanes of at least 4 members (excludes halogenated alkanes) is 1. The van der Waals surface area contributed by atoms with Gasteiger partial charge in [-0.25, -0.2) is 0 Å². The smallest absolute Gasteiger partial charge is 0.255 e. The lowest BCUT2D eigenvalue weighted by atomic mass is 10.1. The third kappa shape index (κ3) is 3.95. The van der Waals surface area contributed by atoms with Crippen LogP contribution in [-0.4, -0.2) is 5.91 Å². The normalized spacial score (nSPS) is 10.2. The Hall–Kier alpha value is -2.09. The molecule has 2 rings (SSSR count). The third-order valence-corrected chi connectivity index (χ3v) is 3.07. The molecule has 2 nitrogen and oxygen atoms in total. The van der Waals surface area contributed by atoms with Gasteiger partial charge in [0, 0.05) is 11.3 Å². The number of amides is 1. The summed E-state index contributed by atoms with van der Waals surface area (Å²) in [5, 5.41) is 2.90. The average molecular weight is 253 g/mol. The van der Waals surface area contributed by atoms with Gasteiger partial charge >= 0.3 is 0 Å². The molecule has 0 bridgehead atoms. The Labute approximate surface area is 114 Å². The molecule has 0 saturated heterocycles. The van der Waals surface area contributed by atoms with Gasteiger partial charge in [0.2, 0.25) is 0 Å². The van der Waals surface area contributed by atoms with E-state index in [1.54, 1.807) is 0 Å². The van der Waals surface area contributed by atoms with Crippen LogP contribution in [0.2, 0.25) is 0 Å². The topological polar surface area (TPSA) is 29.1 Å². The summed E-state index contributed by atoms with van der Waals surface area (Å²) < 4.78 is 0. The molecule has 2 aromatic rings. The molecule has 0 fully saturated rings. The Kier molecular flexibility index (Phi) is 4.73. The number of benzene rings is 2. The molecule has 98 valence electrons. The number of aryl methyl sites for hydroxylation is 1. The maximum atomic E-state index is 12.0. The fourth-order valence-electron chi connectivity index (χ4n) is 1.93. The van der Waals surface area contributed by atoms with E-state index in [4.69, 9.17) is 0 Å². The zero-order valence-corrected chi connectivity index (χ0v) is 11.2. The fourth-order valence-corrected chi connectivity index (χ4v) is 1.93. The van der Waals surface area contributed by atoms with E-state index in [1.807, 2.05) is 42.5 Å². The van der Waals surface area contributed by atoms with Crippen molar-refractivity contribution in [2.24, 2.45) is 0 Å². The fraction of sp³-hybridized carbons (Fsp3) is 0.235. The highest BCUT2D eigenvalue weighted by Crippen LogP contribution is 2.13. The van der Waals surface area contributed by atoms with E-state index < -0.39 is 0 Å². The van der Waals surface area contributed by atoms with Crippen LogP contribution in [0.15, 0.2) is 54.6 Å². The Morgan fingerprint density at radius 3 is 2.32 bits per heavy atom. The van der Waals surface area contributed by atoms with Crippen molar-refractivity contribution in [2.75, 3.05) is 5.32 Å². The number of anilines is 1. The summed E-state index contributed by atoms with van der Waals surface area (Å²) in [5.74, 6) is -0.0677. The van der Waals surface area contributed by atoms with Crippen LogP contribution in [0.3, 0.4) is 0 Å². The van der Waals surface area contributed by atoms with E-state index in [-0.39, 0.29) is 5.91 Å². The zero-order chi connectivity index (χ0) is 13.5. The van der Waals surface area contributed by atoms with Crippen LogP contribution in [0.25, 0.3) is 0 Å². The molecule has 0 aliphatic rings. The van der Waals surface area contributed by atoms with Gasteiger partial charge < -0.3 is 5.32 Å². The van der Waals surface area contributed by atoms with Gasteiger partial charge in [0.1, 0.15) is 0 Å². The van der Waals surface area contributed by atoms with Gasteiger partial charge in [-0.3, -0.25) is 4.79 Å². The van der Waals surface area contributed by atoms with Crippen LogP contribution >= 0.6 is 0 Å². The van der Waals surface area contributed by atoms with Crippen molar-refractivity contribution in [1.29, 1.82) is 0 Å². The van der Waals surface area contributed by atoms with E-state index in [1.165, 1.54) is 18.4 Å². The summed E-state index contributed by atoms with van der Waals surface area (Å²) in [7, 11) is 0. The van der Waals surface area contributed by atoms with E-state index in [0.717, 1.165) is 12.1 Å². The van der Waals surface area contributed by atoms with Gasteiger partial charge in [0.05, 0.1) is 0 Å². The molecule has 0 atom stereocenters. The number of carbonyl (C=O) groups excluding carboxylic acids is 1. The SMILES string of the molecule is CCCCc1ccc(NC(=O)c2ccccc2)cc1. The predicted octanol–water partition coefficient (Wildman–Crippen LogP) is 4.28. The molecule has 0 radical (unpaired) electrons. The molecule has 0 unspecified atom stereocenters. The minimum atomic E-state index is -0.0677. The van der Waals surface area contributed by atoms with Gasteiger partial charge in [-0.1, -0.05) is 43.7 Å². The highest BCUT2D eigenvalue weighted by Gasteiger charge is 2.04. The lowest BCUT2D eigenvalue weighted by Crippen LogP contribution is -2.11. The summed E-state index contributed by atoms with van der Waals surface area (Å²) in [6.07, 6.45) is 3.51. The van der Waals surface area contributed by atoms with Crippen molar-refractivity contribution < 1.29 is 4.79 Å². The second-order valence-electron chi connectivity index (χ2n) is 4.62. The maximum absolute atomic E-state index is 12.0. The van der Waals surface area contributed by atoms with E-state index in [2.05, 4.69) is 24.4 Å². The average Bonchev–Trinajstić information content (AvgIpc) is 2.47. The number of rotatable bonds is 5. The van der Waals surface area contributed by atoms with Gasteiger partial charge in [-0.15, -0.1) is 0 Å². The molecule has 0 heterocycles. The molecule has 2 aromatic carbocycles. The standard InChI is InChI=1S/C17H19NO/c1-2-3-7-14-10-12-16(13-11-14)18-17(19)15-8-5-4-6-9-15/h4-6,8-13H,2-3,7H2,1H3,(H,18,19). The molecule has 0 aliphatic heterocycles. The van der Waals surface area contributed by atoms with Crippen molar-refractivity contribution in [1.82, 2.24) is 0 Å². The minimum absolute atomic E-state index is 0.0677.